The van der Waals surface area contributed by atoms with Crippen LogP contribution in [0.4, 0.5) is 11.4 Å². The molecule has 0 saturated carbocycles. The Morgan fingerprint density at radius 3 is 2.36 bits per heavy atom. The summed E-state index contributed by atoms with van der Waals surface area (Å²) in [5, 5.41) is 25.5. The Morgan fingerprint density at radius 1 is 1.16 bits per heavy atom. The van der Waals surface area contributed by atoms with Crippen molar-refractivity contribution < 1.29 is 26.9 Å². The van der Waals surface area contributed by atoms with E-state index in [0.717, 1.165) is 24.3 Å². The summed E-state index contributed by atoms with van der Waals surface area (Å²) in [4.78, 5) is 9.01. The van der Waals surface area contributed by atoms with Gasteiger partial charge in [0.25, 0.3) is 15.7 Å². The van der Waals surface area contributed by atoms with E-state index in [-0.39, 0.29) is 11.3 Å². The van der Waals surface area contributed by atoms with Crippen LogP contribution < -0.4 is 9.86 Å². The molecule has 4 N–H and O–H groups in total. The molecule has 0 amide bonds. The molecule has 12 heteroatoms. The van der Waals surface area contributed by atoms with Gasteiger partial charge in [-0.05, 0) is 30.7 Å². The van der Waals surface area contributed by atoms with Gasteiger partial charge in [0.15, 0.2) is 4.90 Å². The topological polar surface area (TPSA) is 170 Å². The highest BCUT2D eigenvalue weighted by atomic mass is 32.2. The van der Waals surface area contributed by atoms with E-state index in [1.807, 2.05) is 4.72 Å². The lowest BCUT2D eigenvalue weighted by molar-refractivity contribution is -0.387. The van der Waals surface area contributed by atoms with Gasteiger partial charge in [-0.1, -0.05) is 12.1 Å². The highest BCUT2D eigenvalue weighted by Crippen LogP contribution is 2.30. The van der Waals surface area contributed by atoms with Gasteiger partial charge in [0.2, 0.25) is 10.0 Å². The molecular formula is C13H13N3O7S2. The fraction of sp³-hybridized carbons (Fsp3) is 0.0769. The number of sulfonamides is 2. The Labute approximate surface area is 143 Å². The maximum absolute atomic E-state index is 12.5. The number of benzene rings is 2. The second-order valence-electron chi connectivity index (χ2n) is 5.01. The number of nitrogens with one attached hydrogen (secondary N) is 1. The van der Waals surface area contributed by atoms with E-state index in [0.29, 0.717) is 0 Å². The molecule has 0 unspecified atom stereocenters. The zero-order valence-corrected chi connectivity index (χ0v) is 14.3. The summed E-state index contributed by atoms with van der Waals surface area (Å²) in [6, 6.07) is 6.59. The van der Waals surface area contributed by atoms with Gasteiger partial charge < -0.3 is 5.11 Å². The number of nitrogens with two attached hydrogens (primary N) is 1. The predicted octanol–water partition coefficient (Wildman–Crippen LogP) is 1.06. The highest BCUT2D eigenvalue weighted by molar-refractivity contribution is 7.93. The molecule has 134 valence electrons. The van der Waals surface area contributed by atoms with Crippen molar-refractivity contribution in [1.29, 1.82) is 0 Å². The number of nitro groups is 1. The van der Waals surface area contributed by atoms with Crippen molar-refractivity contribution in [2.45, 2.75) is 16.7 Å². The molecule has 2 aromatic carbocycles. The predicted molar refractivity (Wildman–Crippen MR) is 88.1 cm³/mol. The van der Waals surface area contributed by atoms with Crippen LogP contribution in [0.5, 0.6) is 5.75 Å². The number of phenolic OH excluding ortho intramolecular Hbond substituents is 1. The van der Waals surface area contributed by atoms with Crippen LogP contribution in [-0.2, 0) is 20.0 Å². The fourth-order valence-corrected chi connectivity index (χ4v) is 4.24. The SMILES string of the molecule is Cc1cccc([N+](=O)[O-])c1S(=O)(=O)Nc1ccc(O)c(S(N)(=O)=O)c1. The van der Waals surface area contributed by atoms with Gasteiger partial charge in [-0.25, -0.2) is 22.0 Å². The van der Waals surface area contributed by atoms with Gasteiger partial charge in [0.05, 0.1) is 10.6 Å². The molecule has 25 heavy (non-hydrogen) atoms. The van der Waals surface area contributed by atoms with E-state index in [2.05, 4.69) is 0 Å². The highest BCUT2D eigenvalue weighted by Gasteiger charge is 2.28. The van der Waals surface area contributed by atoms with Crippen LogP contribution in [-0.4, -0.2) is 26.9 Å². The monoisotopic (exact) mass is 387 g/mol. The van der Waals surface area contributed by atoms with E-state index >= 15 is 0 Å². The van der Waals surface area contributed by atoms with Crippen LogP contribution >= 0.6 is 0 Å². The molecule has 0 aliphatic rings. The minimum atomic E-state index is -4.40. The quantitative estimate of drug-likeness (QED) is 0.391. The lowest BCUT2D eigenvalue weighted by atomic mass is 10.2. The molecule has 0 fully saturated rings. The maximum Gasteiger partial charge on any atom is 0.290 e. The number of hydrogen-bond acceptors (Lipinski definition) is 7. The second kappa shape index (κ2) is 6.31. The molecule has 2 aromatic rings. The van der Waals surface area contributed by atoms with E-state index in [1.54, 1.807) is 0 Å². The van der Waals surface area contributed by atoms with Crippen molar-refractivity contribution in [2.75, 3.05) is 4.72 Å². The first-order chi connectivity index (χ1) is 11.4. The van der Waals surface area contributed by atoms with Crippen molar-refractivity contribution in [3.8, 4) is 5.75 Å². The smallest absolute Gasteiger partial charge is 0.290 e. The summed E-state index contributed by atoms with van der Waals surface area (Å²) in [5.41, 5.74) is -0.732. The summed E-state index contributed by atoms with van der Waals surface area (Å²) in [7, 11) is -8.70. The van der Waals surface area contributed by atoms with Gasteiger partial charge in [-0.3, -0.25) is 14.8 Å². The van der Waals surface area contributed by atoms with Crippen LogP contribution in [0, 0.1) is 17.0 Å². The third-order valence-corrected chi connectivity index (χ3v) is 5.69. The molecule has 0 bridgehead atoms. The van der Waals surface area contributed by atoms with Crippen molar-refractivity contribution in [3.63, 3.8) is 0 Å². The maximum atomic E-state index is 12.5. The lowest BCUT2D eigenvalue weighted by Gasteiger charge is -2.12. The number of nitro benzene ring substituents is 1. The van der Waals surface area contributed by atoms with Crippen molar-refractivity contribution in [3.05, 3.63) is 52.1 Å². The molecule has 0 heterocycles. The molecule has 0 aromatic heterocycles. The van der Waals surface area contributed by atoms with Crippen LogP contribution in [0.3, 0.4) is 0 Å². The van der Waals surface area contributed by atoms with E-state index in [9.17, 15) is 32.1 Å². The first kappa shape index (κ1) is 18.6. The lowest BCUT2D eigenvalue weighted by Crippen LogP contribution is -2.17. The summed E-state index contributed by atoms with van der Waals surface area (Å²) in [6.07, 6.45) is 0. The van der Waals surface area contributed by atoms with Gasteiger partial charge in [0.1, 0.15) is 10.6 Å². The Bertz CT molecular complexity index is 1060. The number of hydrogen-bond donors (Lipinski definition) is 3. The minimum absolute atomic E-state index is 0.132. The zero-order chi connectivity index (χ0) is 19.0. The molecule has 10 nitrogen and oxygen atoms in total. The Hall–Kier alpha value is -2.70. The van der Waals surface area contributed by atoms with Gasteiger partial charge in [0, 0.05) is 6.07 Å². The summed E-state index contributed by atoms with van der Waals surface area (Å²) in [5.74, 6) is -0.660. The van der Waals surface area contributed by atoms with E-state index < -0.39 is 46.2 Å². The summed E-state index contributed by atoms with van der Waals surface area (Å²) in [6.45, 7) is 1.38. The average Bonchev–Trinajstić information content (AvgIpc) is 2.47. The normalized spacial score (nSPS) is 11.9. The fourth-order valence-electron chi connectivity index (χ4n) is 2.14. The van der Waals surface area contributed by atoms with Crippen LogP contribution in [0.25, 0.3) is 0 Å². The first-order valence-corrected chi connectivity index (χ1v) is 9.59. The van der Waals surface area contributed by atoms with E-state index in [4.69, 9.17) is 5.14 Å². The van der Waals surface area contributed by atoms with Crippen LogP contribution in [0.2, 0.25) is 0 Å². The number of primary sulfonamides is 1. The van der Waals surface area contributed by atoms with E-state index in [1.165, 1.54) is 19.1 Å². The number of rotatable bonds is 5. The van der Waals surface area contributed by atoms with Crippen LogP contribution in [0.15, 0.2) is 46.2 Å². The largest absolute Gasteiger partial charge is 0.507 e. The van der Waals surface area contributed by atoms with Crippen LogP contribution in [0.1, 0.15) is 5.56 Å². The van der Waals surface area contributed by atoms with Crippen molar-refractivity contribution >= 4 is 31.4 Å². The number of aryl methyl sites for hydroxylation is 1. The Balaban J connectivity index is 2.57. The summed E-state index contributed by atoms with van der Waals surface area (Å²) >= 11 is 0. The average molecular weight is 387 g/mol. The number of nitrogens with zero attached hydrogens (tertiary/aromatic N) is 1. The molecule has 0 atom stereocenters. The van der Waals surface area contributed by atoms with Crippen molar-refractivity contribution in [2.24, 2.45) is 5.14 Å². The third-order valence-electron chi connectivity index (χ3n) is 3.18. The molecule has 0 aliphatic carbocycles. The molecule has 2 rings (SSSR count). The van der Waals surface area contributed by atoms with Gasteiger partial charge in [-0.15, -0.1) is 0 Å². The standard InChI is InChI=1S/C13H13N3O7S2/c1-8-3-2-4-10(16(18)19)13(8)25(22,23)15-9-5-6-11(17)12(7-9)24(14,20)21/h2-7,15,17H,1H3,(H2,14,20,21). The third kappa shape index (κ3) is 3.87. The zero-order valence-electron chi connectivity index (χ0n) is 12.7. The Kier molecular flexibility index (Phi) is 4.70. The van der Waals surface area contributed by atoms with Gasteiger partial charge in [-0.2, -0.15) is 0 Å². The first-order valence-electron chi connectivity index (χ1n) is 6.56. The number of anilines is 1. The van der Waals surface area contributed by atoms with Gasteiger partial charge >= 0.3 is 0 Å². The summed E-state index contributed by atoms with van der Waals surface area (Å²) < 4.78 is 49.9. The number of aromatic hydroxyl groups is 1. The Morgan fingerprint density at radius 2 is 1.80 bits per heavy atom. The molecule has 0 spiro atoms. The molecule has 0 aliphatic heterocycles. The molecular weight excluding hydrogens is 374 g/mol. The molecule has 0 saturated heterocycles. The number of phenols is 1. The van der Waals surface area contributed by atoms with Crippen molar-refractivity contribution in [1.82, 2.24) is 0 Å². The molecule has 0 radical (unpaired) electrons. The second-order valence-corrected chi connectivity index (χ2v) is 8.16. The minimum Gasteiger partial charge on any atom is -0.507 e.